The van der Waals surface area contributed by atoms with Crippen LogP contribution >= 0.6 is 0 Å². The maximum absolute atomic E-state index is 15.2. The molecule has 0 aliphatic carbocycles. The second-order valence-corrected chi connectivity index (χ2v) is 13.9. The largest absolute Gasteiger partial charge is 0.463 e. The Morgan fingerprint density at radius 1 is 1.04 bits per heavy atom. The number of aliphatic hydroxyl groups excluding tert-OH is 1. The molecule has 3 saturated heterocycles. The van der Waals surface area contributed by atoms with Crippen LogP contribution in [0.2, 0.25) is 0 Å². The number of aliphatic hydroxyl groups is 1. The van der Waals surface area contributed by atoms with E-state index in [1.54, 1.807) is 17.1 Å². The van der Waals surface area contributed by atoms with Crippen LogP contribution in [0.1, 0.15) is 60.0 Å². The first-order valence-electron chi connectivity index (χ1n) is 17.9. The number of nitrogens with one attached hydrogen (secondary N) is 1. The van der Waals surface area contributed by atoms with E-state index in [0.29, 0.717) is 30.5 Å². The fourth-order valence-electron chi connectivity index (χ4n) is 8.27. The Labute approximate surface area is 305 Å². The maximum atomic E-state index is 15.2. The van der Waals surface area contributed by atoms with Crippen molar-refractivity contribution in [3.63, 3.8) is 0 Å². The molecule has 0 aromatic heterocycles. The van der Waals surface area contributed by atoms with E-state index in [1.165, 1.54) is 4.90 Å². The van der Waals surface area contributed by atoms with Crippen LogP contribution in [0.25, 0.3) is 0 Å². The van der Waals surface area contributed by atoms with Crippen LogP contribution in [0.5, 0.6) is 0 Å². The van der Waals surface area contributed by atoms with Gasteiger partial charge in [0.05, 0.1) is 36.6 Å². The molecule has 0 saturated carbocycles. The van der Waals surface area contributed by atoms with Gasteiger partial charge in [0.2, 0.25) is 11.8 Å². The Kier molecular flexibility index (Phi) is 11.1. The summed E-state index contributed by atoms with van der Waals surface area (Å²) in [5.41, 5.74) is 2.60. The molecule has 272 valence electrons. The minimum Gasteiger partial charge on any atom is -0.463 e. The number of carbonyl (C=O) groups excluding carboxylic acids is 4. The summed E-state index contributed by atoms with van der Waals surface area (Å²) in [6, 6.07) is 21.5. The van der Waals surface area contributed by atoms with E-state index in [1.807, 2.05) is 92.7 Å². The van der Waals surface area contributed by atoms with Crippen molar-refractivity contribution in [2.24, 2.45) is 11.8 Å². The summed E-state index contributed by atoms with van der Waals surface area (Å²) < 4.78 is 12.3. The molecule has 2 bridgehead atoms. The van der Waals surface area contributed by atoms with Crippen molar-refractivity contribution in [1.82, 2.24) is 10.2 Å². The molecule has 0 radical (unpaired) electrons. The minimum absolute atomic E-state index is 0.103. The first kappa shape index (κ1) is 36.7. The van der Waals surface area contributed by atoms with Gasteiger partial charge in [0, 0.05) is 18.7 Å². The normalized spacial score (nSPS) is 24.1. The van der Waals surface area contributed by atoms with Crippen molar-refractivity contribution in [3.8, 4) is 0 Å². The number of rotatable bonds is 15. The van der Waals surface area contributed by atoms with Crippen LogP contribution in [0, 0.1) is 25.7 Å². The molecule has 10 nitrogen and oxygen atoms in total. The highest BCUT2D eigenvalue weighted by Crippen LogP contribution is 2.60. The molecule has 3 fully saturated rings. The fourth-order valence-corrected chi connectivity index (χ4v) is 8.27. The van der Waals surface area contributed by atoms with Gasteiger partial charge in [0.1, 0.15) is 18.2 Å². The SMILES string of the molecule is C=CCCC(=O)OC[C@@H](NC(=O)[C@@H]1[C@@H]2CC[C@]3(O2)[C@H](C(=O)N(CC=C)c2cc(C)ccc2C)N([C@H](CO)c2ccccc2)C(=O)[C@@H]13)c1ccccc1. The Morgan fingerprint density at radius 3 is 2.38 bits per heavy atom. The highest BCUT2D eigenvalue weighted by atomic mass is 16.5. The van der Waals surface area contributed by atoms with Crippen molar-refractivity contribution in [2.45, 2.75) is 69.4 Å². The molecule has 3 aliphatic rings. The van der Waals surface area contributed by atoms with Gasteiger partial charge in [-0.05, 0) is 61.4 Å². The summed E-state index contributed by atoms with van der Waals surface area (Å²) in [6.45, 7) is 11.1. The number of hydrogen-bond acceptors (Lipinski definition) is 7. The number of nitrogens with zero attached hydrogens (tertiary/aromatic N) is 2. The molecule has 7 atom stereocenters. The van der Waals surface area contributed by atoms with Crippen LogP contribution in [0.4, 0.5) is 5.69 Å². The molecule has 52 heavy (non-hydrogen) atoms. The Bertz CT molecular complexity index is 1810. The average Bonchev–Trinajstić information content (AvgIpc) is 3.81. The number of hydrogen-bond donors (Lipinski definition) is 2. The zero-order chi connectivity index (χ0) is 37.0. The first-order valence-corrected chi connectivity index (χ1v) is 17.9. The van der Waals surface area contributed by atoms with Crippen LogP contribution < -0.4 is 10.2 Å². The number of allylic oxidation sites excluding steroid dienone is 1. The van der Waals surface area contributed by atoms with Crippen molar-refractivity contribution < 1.29 is 33.8 Å². The molecule has 1 spiro atoms. The van der Waals surface area contributed by atoms with E-state index in [4.69, 9.17) is 9.47 Å². The van der Waals surface area contributed by atoms with Gasteiger partial charge in [-0.2, -0.15) is 0 Å². The zero-order valence-corrected chi connectivity index (χ0v) is 29.8. The minimum atomic E-state index is -1.32. The van der Waals surface area contributed by atoms with E-state index in [0.717, 1.165) is 16.7 Å². The quantitative estimate of drug-likeness (QED) is 0.163. The Balaban J connectivity index is 1.39. The summed E-state index contributed by atoms with van der Waals surface area (Å²) in [7, 11) is 0. The highest BCUT2D eigenvalue weighted by molar-refractivity contribution is 6.05. The van der Waals surface area contributed by atoms with Gasteiger partial charge in [0.25, 0.3) is 5.91 Å². The summed E-state index contributed by atoms with van der Waals surface area (Å²) in [6.07, 6.45) is 4.15. The molecule has 3 aliphatic heterocycles. The van der Waals surface area contributed by atoms with Gasteiger partial charge in [0.15, 0.2) is 0 Å². The molecule has 3 aromatic rings. The van der Waals surface area contributed by atoms with Gasteiger partial charge in [-0.15, -0.1) is 13.2 Å². The second kappa shape index (κ2) is 15.7. The van der Waals surface area contributed by atoms with Crippen LogP contribution in [-0.2, 0) is 28.7 Å². The molecule has 0 unspecified atom stereocenters. The fraction of sp³-hybridized carbons (Fsp3) is 0.381. The lowest BCUT2D eigenvalue weighted by molar-refractivity contribution is -0.146. The lowest BCUT2D eigenvalue weighted by Gasteiger charge is -2.39. The first-order chi connectivity index (χ1) is 25.1. The predicted molar refractivity (Wildman–Crippen MR) is 197 cm³/mol. The van der Waals surface area contributed by atoms with Gasteiger partial charge in [-0.3, -0.25) is 19.2 Å². The van der Waals surface area contributed by atoms with E-state index < -0.39 is 66.1 Å². The number of fused-ring (bicyclic) bond motifs is 1. The monoisotopic (exact) mass is 705 g/mol. The molecule has 3 heterocycles. The Hall–Kier alpha value is -5.06. The highest BCUT2D eigenvalue weighted by Gasteiger charge is 2.75. The van der Waals surface area contributed by atoms with E-state index in [-0.39, 0.29) is 25.5 Å². The average molecular weight is 706 g/mol. The third-order valence-electron chi connectivity index (χ3n) is 10.7. The molecule has 3 amide bonds. The summed E-state index contributed by atoms with van der Waals surface area (Å²) >= 11 is 0. The van der Waals surface area contributed by atoms with Gasteiger partial charge in [-0.25, -0.2) is 0 Å². The number of amides is 3. The van der Waals surface area contributed by atoms with E-state index >= 15 is 4.79 Å². The number of ether oxygens (including phenoxy) is 2. The topological polar surface area (TPSA) is 125 Å². The van der Waals surface area contributed by atoms with E-state index in [9.17, 15) is 19.5 Å². The van der Waals surface area contributed by atoms with Crippen LogP contribution in [-0.4, -0.2) is 71.2 Å². The Morgan fingerprint density at radius 2 is 1.73 bits per heavy atom. The molecular formula is C42H47N3O7. The van der Waals surface area contributed by atoms with Crippen LogP contribution in [0.3, 0.4) is 0 Å². The number of benzene rings is 3. The second-order valence-electron chi connectivity index (χ2n) is 13.9. The number of carbonyl (C=O) groups is 4. The van der Waals surface area contributed by atoms with Crippen molar-refractivity contribution in [2.75, 3.05) is 24.7 Å². The maximum Gasteiger partial charge on any atom is 0.306 e. The number of anilines is 1. The summed E-state index contributed by atoms with van der Waals surface area (Å²) in [5.74, 6) is -3.54. The van der Waals surface area contributed by atoms with Gasteiger partial charge >= 0.3 is 5.97 Å². The summed E-state index contributed by atoms with van der Waals surface area (Å²) in [5, 5.41) is 14.0. The number of likely N-dealkylation sites (tertiary alicyclic amines) is 1. The van der Waals surface area contributed by atoms with Gasteiger partial charge in [-0.1, -0.05) is 84.9 Å². The molecule has 3 aromatic carbocycles. The van der Waals surface area contributed by atoms with E-state index in [2.05, 4.69) is 18.5 Å². The third-order valence-corrected chi connectivity index (χ3v) is 10.7. The number of aryl methyl sites for hydroxylation is 2. The molecular weight excluding hydrogens is 658 g/mol. The molecule has 6 rings (SSSR count). The lowest BCUT2D eigenvalue weighted by atomic mass is 9.70. The van der Waals surface area contributed by atoms with Gasteiger partial charge < -0.3 is 29.7 Å². The molecule has 2 N–H and O–H groups in total. The number of esters is 1. The summed E-state index contributed by atoms with van der Waals surface area (Å²) in [4.78, 5) is 60.2. The van der Waals surface area contributed by atoms with Crippen molar-refractivity contribution in [3.05, 3.63) is 126 Å². The smallest absolute Gasteiger partial charge is 0.306 e. The van der Waals surface area contributed by atoms with Crippen molar-refractivity contribution >= 4 is 29.4 Å². The van der Waals surface area contributed by atoms with Crippen molar-refractivity contribution in [1.29, 1.82) is 0 Å². The molecule has 10 heteroatoms. The third kappa shape index (κ3) is 6.80. The zero-order valence-electron chi connectivity index (χ0n) is 29.8. The standard InChI is InChI=1S/C42H47N3O7/c1-5-7-18-35(47)51-26-31(29-14-10-8-11-15-29)43-39(48)36-34-21-22-42(52-34)37(36)40(49)45(33(25-46)30-16-12-9-13-17-30)38(42)41(50)44(23-6-2)32-24-27(3)19-20-28(32)4/h5-6,8-17,19-20,24,31,33-34,36-38,46H,1-2,7,18,21-23,25-26H2,3-4H3,(H,43,48)/t31-,33-,34+,36-,37-,38+,42-/m1/s1. The predicted octanol–water partition coefficient (Wildman–Crippen LogP) is 5.30. The van der Waals surface area contributed by atoms with Crippen LogP contribution in [0.15, 0.2) is 104 Å². The lowest BCUT2D eigenvalue weighted by Crippen LogP contribution is -2.57.